The highest BCUT2D eigenvalue weighted by atomic mass is 16.3. The van der Waals surface area contributed by atoms with Crippen molar-refractivity contribution in [3.63, 3.8) is 0 Å². The van der Waals surface area contributed by atoms with Crippen molar-refractivity contribution in [3.8, 4) is 33.4 Å². The quantitative estimate of drug-likeness (QED) is 0.185. The number of anilines is 3. The molecule has 9 aromatic rings. The lowest BCUT2D eigenvalue weighted by atomic mass is 9.96. The summed E-state index contributed by atoms with van der Waals surface area (Å²) in [4.78, 5) is 2.30. The van der Waals surface area contributed by atoms with Gasteiger partial charge in [0, 0.05) is 27.7 Å². The molecule has 9 rings (SSSR count). The average Bonchev–Trinajstić information content (AvgIpc) is 3.57. The van der Waals surface area contributed by atoms with E-state index in [1.807, 2.05) is 0 Å². The zero-order valence-electron chi connectivity index (χ0n) is 26.3. The summed E-state index contributed by atoms with van der Waals surface area (Å²) in [6.45, 7) is 0. The van der Waals surface area contributed by atoms with Crippen LogP contribution < -0.4 is 4.90 Å². The maximum atomic E-state index is 7.00. The number of hydrogen-bond acceptors (Lipinski definition) is 2. The Kier molecular flexibility index (Phi) is 6.84. The molecule has 0 saturated heterocycles. The number of fused-ring (bicyclic) bond motifs is 5. The van der Waals surface area contributed by atoms with Crippen LogP contribution >= 0.6 is 0 Å². The van der Waals surface area contributed by atoms with Gasteiger partial charge >= 0.3 is 0 Å². The molecule has 0 bridgehead atoms. The maximum absolute atomic E-state index is 7.00. The molecular formula is C46H31NO. The van der Waals surface area contributed by atoms with Gasteiger partial charge in [-0.25, -0.2) is 0 Å². The summed E-state index contributed by atoms with van der Waals surface area (Å²) < 4.78 is 7.00. The zero-order valence-corrected chi connectivity index (χ0v) is 26.3. The predicted molar refractivity (Wildman–Crippen MR) is 202 cm³/mol. The van der Waals surface area contributed by atoms with Crippen LogP contribution in [0.15, 0.2) is 192 Å². The number of nitrogens with zero attached hydrogens (tertiary/aromatic N) is 1. The van der Waals surface area contributed by atoms with E-state index in [2.05, 4.69) is 193 Å². The van der Waals surface area contributed by atoms with Gasteiger partial charge in [0.1, 0.15) is 5.58 Å². The van der Waals surface area contributed by atoms with Gasteiger partial charge in [-0.3, -0.25) is 0 Å². The molecule has 0 amide bonds. The monoisotopic (exact) mass is 613 g/mol. The third-order valence-electron chi connectivity index (χ3n) is 9.26. The number of benzene rings is 8. The molecule has 0 fully saturated rings. The highest BCUT2D eigenvalue weighted by Gasteiger charge is 2.22. The zero-order chi connectivity index (χ0) is 31.9. The van der Waals surface area contributed by atoms with Gasteiger partial charge in [-0.2, -0.15) is 0 Å². The summed E-state index contributed by atoms with van der Waals surface area (Å²) in [5.74, 6) is 0. The van der Waals surface area contributed by atoms with Crippen LogP contribution in [0, 0.1) is 0 Å². The molecule has 226 valence electrons. The minimum atomic E-state index is 0.866. The van der Waals surface area contributed by atoms with Gasteiger partial charge in [-0.1, -0.05) is 152 Å². The Morgan fingerprint density at radius 3 is 1.52 bits per heavy atom. The van der Waals surface area contributed by atoms with Gasteiger partial charge in [0.25, 0.3) is 0 Å². The molecule has 0 aliphatic heterocycles. The van der Waals surface area contributed by atoms with Gasteiger partial charge in [-0.15, -0.1) is 0 Å². The topological polar surface area (TPSA) is 16.4 Å². The Morgan fingerprint density at radius 2 is 0.854 bits per heavy atom. The molecule has 8 aromatic carbocycles. The van der Waals surface area contributed by atoms with Crippen LogP contribution in [0.4, 0.5) is 17.1 Å². The van der Waals surface area contributed by atoms with E-state index < -0.39 is 0 Å². The van der Waals surface area contributed by atoms with E-state index in [-0.39, 0.29) is 0 Å². The Bertz CT molecular complexity index is 2520. The Morgan fingerprint density at radius 1 is 0.354 bits per heavy atom. The first-order valence-corrected chi connectivity index (χ1v) is 16.4. The minimum absolute atomic E-state index is 0.866. The van der Waals surface area contributed by atoms with Crippen molar-refractivity contribution >= 4 is 49.8 Å². The van der Waals surface area contributed by atoms with E-state index in [1.165, 1.54) is 33.0 Å². The Balaban J connectivity index is 1.20. The lowest BCUT2D eigenvalue weighted by Crippen LogP contribution is -2.10. The van der Waals surface area contributed by atoms with E-state index in [0.29, 0.717) is 0 Å². The summed E-state index contributed by atoms with van der Waals surface area (Å²) in [6, 6.07) is 66.6. The van der Waals surface area contributed by atoms with Crippen molar-refractivity contribution in [2.75, 3.05) is 4.90 Å². The van der Waals surface area contributed by atoms with Crippen LogP contribution in [0.3, 0.4) is 0 Å². The molecule has 1 heterocycles. The smallest absolute Gasteiger partial charge is 0.159 e. The van der Waals surface area contributed by atoms with E-state index in [0.717, 1.165) is 50.1 Å². The molecule has 0 atom stereocenters. The van der Waals surface area contributed by atoms with Crippen LogP contribution in [0.5, 0.6) is 0 Å². The third-order valence-corrected chi connectivity index (χ3v) is 9.26. The molecule has 0 N–H and O–H groups in total. The summed E-state index contributed by atoms with van der Waals surface area (Å²) in [5, 5.41) is 4.64. The van der Waals surface area contributed by atoms with Crippen molar-refractivity contribution in [1.82, 2.24) is 0 Å². The largest absolute Gasteiger partial charge is 0.453 e. The van der Waals surface area contributed by atoms with Gasteiger partial charge in [0.05, 0.1) is 5.69 Å². The minimum Gasteiger partial charge on any atom is -0.453 e. The van der Waals surface area contributed by atoms with Crippen molar-refractivity contribution < 1.29 is 4.42 Å². The highest BCUT2D eigenvalue weighted by Crippen LogP contribution is 2.46. The molecule has 48 heavy (non-hydrogen) atoms. The van der Waals surface area contributed by atoms with E-state index in [4.69, 9.17) is 4.42 Å². The molecule has 0 aliphatic rings. The van der Waals surface area contributed by atoms with Crippen molar-refractivity contribution in [1.29, 1.82) is 0 Å². The number of rotatable bonds is 6. The van der Waals surface area contributed by atoms with Gasteiger partial charge in [0.15, 0.2) is 5.58 Å². The molecule has 0 unspecified atom stereocenters. The first-order valence-electron chi connectivity index (χ1n) is 16.4. The average molecular weight is 614 g/mol. The fourth-order valence-electron chi connectivity index (χ4n) is 6.93. The van der Waals surface area contributed by atoms with Crippen LogP contribution in [0.1, 0.15) is 0 Å². The van der Waals surface area contributed by atoms with E-state index in [1.54, 1.807) is 0 Å². The summed E-state index contributed by atoms with van der Waals surface area (Å²) >= 11 is 0. The first-order chi connectivity index (χ1) is 23.8. The summed E-state index contributed by atoms with van der Waals surface area (Å²) in [6.07, 6.45) is 0. The second-order valence-electron chi connectivity index (χ2n) is 12.1. The lowest BCUT2D eigenvalue weighted by molar-refractivity contribution is 0.670. The Hall–Kier alpha value is -6.38. The maximum Gasteiger partial charge on any atom is 0.159 e. The molecule has 2 heteroatoms. The molecule has 0 radical (unpaired) electrons. The lowest BCUT2D eigenvalue weighted by Gasteiger charge is -2.25. The Labute approximate surface area is 279 Å². The van der Waals surface area contributed by atoms with Gasteiger partial charge in [0.2, 0.25) is 0 Å². The van der Waals surface area contributed by atoms with Crippen LogP contribution in [0.2, 0.25) is 0 Å². The van der Waals surface area contributed by atoms with Crippen LogP contribution in [-0.2, 0) is 0 Å². The third kappa shape index (κ3) is 4.83. The highest BCUT2D eigenvalue weighted by molar-refractivity contribution is 6.24. The molecule has 0 spiro atoms. The standard InChI is InChI=1S/C46H31NO/c1-4-13-32(14-5-1)33-23-25-34(26-24-33)35-27-29-39(30-28-35)47(38-18-8-3-9-19-38)43-22-12-21-41-44-40-20-11-10-17-37(40)31-42(46(44)48-45(41)43)36-15-6-2-7-16-36/h1-31H. The molecule has 0 saturated carbocycles. The van der Waals surface area contributed by atoms with Gasteiger partial charge in [-0.05, 0) is 75.0 Å². The summed E-state index contributed by atoms with van der Waals surface area (Å²) in [7, 11) is 0. The molecule has 1 aromatic heterocycles. The van der Waals surface area contributed by atoms with E-state index in [9.17, 15) is 0 Å². The van der Waals surface area contributed by atoms with Crippen molar-refractivity contribution in [2.45, 2.75) is 0 Å². The molecule has 2 nitrogen and oxygen atoms in total. The van der Waals surface area contributed by atoms with Crippen molar-refractivity contribution in [3.05, 3.63) is 188 Å². The van der Waals surface area contributed by atoms with Crippen LogP contribution in [-0.4, -0.2) is 0 Å². The first kappa shape index (κ1) is 27.9. The number of para-hydroxylation sites is 2. The molecular weight excluding hydrogens is 583 g/mol. The van der Waals surface area contributed by atoms with Crippen LogP contribution in [0.25, 0.3) is 66.1 Å². The van der Waals surface area contributed by atoms with Crippen molar-refractivity contribution in [2.24, 2.45) is 0 Å². The second kappa shape index (κ2) is 11.8. The predicted octanol–water partition coefficient (Wildman–Crippen LogP) is 13.2. The fraction of sp³-hybridized carbons (Fsp3) is 0. The SMILES string of the molecule is c1ccc(-c2ccc(-c3ccc(N(c4ccccc4)c4cccc5c4oc4c(-c6ccccc6)cc6ccccc6c45)cc3)cc2)cc1. The number of furan rings is 1. The normalized spacial score (nSPS) is 11.3. The second-order valence-corrected chi connectivity index (χ2v) is 12.1. The fourth-order valence-corrected chi connectivity index (χ4v) is 6.93. The van der Waals surface area contributed by atoms with Gasteiger partial charge < -0.3 is 9.32 Å². The number of hydrogen-bond donors (Lipinski definition) is 0. The van der Waals surface area contributed by atoms with E-state index >= 15 is 0 Å². The summed E-state index contributed by atoms with van der Waals surface area (Å²) in [5.41, 5.74) is 11.9. The molecule has 0 aliphatic carbocycles.